The zero-order valence-corrected chi connectivity index (χ0v) is 32.7. The first-order valence-corrected chi connectivity index (χ1v) is 18.6. The predicted octanol–water partition coefficient (Wildman–Crippen LogP) is 10.6. The lowest BCUT2D eigenvalue weighted by atomic mass is 9.98. The van der Waals surface area contributed by atoms with Crippen LogP contribution in [0, 0.1) is 13.8 Å². The molecule has 9 nitrogen and oxygen atoms in total. The van der Waals surface area contributed by atoms with Crippen LogP contribution in [-0.4, -0.2) is 37.5 Å². The minimum atomic E-state index is -4.71. The van der Waals surface area contributed by atoms with E-state index < -0.39 is 59.0 Å². The van der Waals surface area contributed by atoms with Crippen LogP contribution in [-0.2, 0) is 26.6 Å². The summed E-state index contributed by atoms with van der Waals surface area (Å²) in [7, 11) is 0. The molecule has 0 N–H and O–H groups in total. The van der Waals surface area contributed by atoms with Crippen LogP contribution in [0.15, 0.2) is 116 Å². The number of halogens is 6. The Morgan fingerprint density at radius 2 is 1.10 bits per heavy atom. The molecule has 2 aromatic heterocycles. The number of hydrogen-bond donors (Lipinski definition) is 0. The molecular formula is C45H38F6O9. The zero-order valence-electron chi connectivity index (χ0n) is 32.7. The summed E-state index contributed by atoms with van der Waals surface area (Å²) in [4.78, 5) is 37.8. The van der Waals surface area contributed by atoms with Crippen LogP contribution < -0.4 is 20.7 Å². The average Bonchev–Trinajstić information content (AvgIpc) is 3.17. The van der Waals surface area contributed by atoms with Crippen molar-refractivity contribution in [1.29, 1.82) is 0 Å². The maximum Gasteiger partial charge on any atom is 0.417 e. The zero-order chi connectivity index (χ0) is 43.5. The Labute approximate surface area is 338 Å². The summed E-state index contributed by atoms with van der Waals surface area (Å²) >= 11 is 0. The van der Waals surface area contributed by atoms with Gasteiger partial charge in [0.05, 0.1) is 28.4 Å². The maximum atomic E-state index is 13.9. The van der Waals surface area contributed by atoms with E-state index in [9.17, 15) is 40.7 Å². The van der Waals surface area contributed by atoms with Gasteiger partial charge in [0, 0.05) is 46.5 Å². The van der Waals surface area contributed by atoms with Gasteiger partial charge in [0.2, 0.25) is 0 Å². The van der Waals surface area contributed by atoms with Gasteiger partial charge in [-0.3, -0.25) is 0 Å². The number of alkyl halides is 6. The molecule has 0 aliphatic rings. The number of benzene rings is 4. The lowest BCUT2D eigenvalue weighted by Gasteiger charge is -2.25. The number of hydrogen-bond acceptors (Lipinski definition) is 9. The predicted molar refractivity (Wildman–Crippen MR) is 211 cm³/mol. The van der Waals surface area contributed by atoms with E-state index in [1.165, 1.54) is 86.6 Å². The molecule has 2 atom stereocenters. The summed E-state index contributed by atoms with van der Waals surface area (Å²) in [5, 5.41) is 0.682. The Morgan fingerprint density at radius 3 is 1.52 bits per heavy atom. The Kier molecular flexibility index (Phi) is 12.6. The minimum absolute atomic E-state index is 0.0553. The van der Waals surface area contributed by atoms with Gasteiger partial charge < -0.3 is 27.8 Å². The second kappa shape index (κ2) is 17.5. The van der Waals surface area contributed by atoms with Crippen molar-refractivity contribution in [3.63, 3.8) is 0 Å². The van der Waals surface area contributed by atoms with Gasteiger partial charge in [-0.2, -0.15) is 26.3 Å². The molecule has 0 aliphatic carbocycles. The SMILES string of the molecule is C=CC(=O)OC(C)CC(C)OC(COc1ccc2cc(-c3ccc(C)cc3C(F)(F)F)c(=O)oc2c1)COc1ccc2cc(-c3ccc(C)cc3C(F)(F)F)c(=O)oc2c1. The molecule has 15 heteroatoms. The van der Waals surface area contributed by atoms with Crippen molar-refractivity contribution in [1.82, 2.24) is 0 Å². The molecule has 0 radical (unpaired) electrons. The van der Waals surface area contributed by atoms with Gasteiger partial charge in [0.1, 0.15) is 48.1 Å². The number of aryl methyl sites for hydroxylation is 2. The van der Waals surface area contributed by atoms with E-state index in [4.69, 9.17) is 27.8 Å². The number of rotatable bonds is 14. The molecule has 0 aliphatic heterocycles. The van der Waals surface area contributed by atoms with Gasteiger partial charge in [-0.05, 0) is 76.2 Å². The highest BCUT2D eigenvalue weighted by Crippen LogP contribution is 2.39. The van der Waals surface area contributed by atoms with Gasteiger partial charge in [-0.25, -0.2) is 14.4 Å². The molecule has 0 saturated carbocycles. The fourth-order valence-electron chi connectivity index (χ4n) is 6.64. The second-order valence-electron chi connectivity index (χ2n) is 14.3. The molecule has 6 rings (SSSR count). The first-order chi connectivity index (χ1) is 28.3. The summed E-state index contributed by atoms with van der Waals surface area (Å²) in [6.07, 6.45) is -9.97. The number of ether oxygens (including phenoxy) is 4. The molecule has 60 heavy (non-hydrogen) atoms. The van der Waals surface area contributed by atoms with Gasteiger partial charge in [0.15, 0.2) is 0 Å². The van der Waals surface area contributed by atoms with Crippen LogP contribution in [0.1, 0.15) is 42.5 Å². The monoisotopic (exact) mass is 836 g/mol. The molecular weight excluding hydrogens is 798 g/mol. The molecule has 2 heterocycles. The standard InChI is InChI=1S/C45H38F6O9/c1-6-41(52)58-27(5)17-26(4)57-32(22-55-30-11-9-28-18-35(42(53)59-39(28)20-30)33-13-7-24(2)15-37(33)44(46,47)48)23-56-31-12-10-29-19-36(43(54)60-40(29)21-31)34-14-8-25(3)16-38(34)45(49,50)51/h6-16,18-21,26-27,32H,1,17,22-23H2,2-5H3. The van der Waals surface area contributed by atoms with E-state index in [2.05, 4.69) is 6.58 Å². The number of carbonyl (C=O) groups excluding carboxylic acids is 1. The van der Waals surface area contributed by atoms with Crippen molar-refractivity contribution >= 4 is 27.9 Å². The summed E-state index contributed by atoms with van der Waals surface area (Å²) in [5.41, 5.74) is -4.17. The smallest absolute Gasteiger partial charge is 0.417 e. The van der Waals surface area contributed by atoms with Crippen LogP contribution in [0.3, 0.4) is 0 Å². The van der Waals surface area contributed by atoms with Gasteiger partial charge in [-0.15, -0.1) is 0 Å². The van der Waals surface area contributed by atoms with E-state index in [1.54, 1.807) is 13.8 Å². The normalized spacial score (nSPS) is 13.1. The Bertz CT molecular complexity index is 2510. The third-order valence-electron chi connectivity index (χ3n) is 9.40. The van der Waals surface area contributed by atoms with Gasteiger partial charge in [-0.1, -0.05) is 42.0 Å². The molecule has 0 spiro atoms. The Morgan fingerprint density at radius 1 is 0.650 bits per heavy atom. The number of esters is 1. The molecule has 314 valence electrons. The van der Waals surface area contributed by atoms with Crippen molar-refractivity contribution in [2.75, 3.05) is 13.2 Å². The largest absolute Gasteiger partial charge is 0.491 e. The van der Waals surface area contributed by atoms with Crippen LogP contribution in [0.25, 0.3) is 44.2 Å². The quantitative estimate of drug-likeness (QED) is 0.0458. The molecule has 2 unspecified atom stereocenters. The number of carbonyl (C=O) groups is 1. The lowest BCUT2D eigenvalue weighted by molar-refractivity contribution is -0.144. The first-order valence-electron chi connectivity index (χ1n) is 18.6. The van der Waals surface area contributed by atoms with E-state index in [0.29, 0.717) is 21.9 Å². The maximum absolute atomic E-state index is 13.9. The summed E-state index contributed by atoms with van der Waals surface area (Å²) in [5.74, 6) is -0.156. The Hall–Kier alpha value is -6.35. The highest BCUT2D eigenvalue weighted by atomic mass is 19.4. The molecule has 0 fully saturated rings. The molecule has 0 bridgehead atoms. The minimum Gasteiger partial charge on any atom is -0.491 e. The van der Waals surface area contributed by atoms with Crippen molar-refractivity contribution < 1.29 is 58.9 Å². The fourth-order valence-corrected chi connectivity index (χ4v) is 6.64. The van der Waals surface area contributed by atoms with E-state index in [1.807, 2.05) is 0 Å². The third kappa shape index (κ3) is 10.3. The van der Waals surface area contributed by atoms with Crippen molar-refractivity contribution in [2.45, 2.75) is 64.8 Å². The lowest BCUT2D eigenvalue weighted by Crippen LogP contribution is -2.33. The Balaban J connectivity index is 1.22. The van der Waals surface area contributed by atoms with Crippen molar-refractivity contribution in [3.8, 4) is 33.8 Å². The van der Waals surface area contributed by atoms with Crippen LogP contribution in [0.4, 0.5) is 26.3 Å². The van der Waals surface area contributed by atoms with Crippen molar-refractivity contribution in [3.05, 3.63) is 141 Å². The molecule has 0 saturated heterocycles. The second-order valence-corrected chi connectivity index (χ2v) is 14.3. The van der Waals surface area contributed by atoms with Crippen LogP contribution in [0.2, 0.25) is 0 Å². The number of fused-ring (bicyclic) bond motifs is 2. The topological polar surface area (TPSA) is 114 Å². The van der Waals surface area contributed by atoms with Crippen LogP contribution >= 0.6 is 0 Å². The summed E-state index contributed by atoms with van der Waals surface area (Å²) in [6, 6.07) is 18.9. The first kappa shape index (κ1) is 43.2. The van der Waals surface area contributed by atoms with E-state index >= 15 is 0 Å². The highest BCUT2D eigenvalue weighted by Gasteiger charge is 2.36. The van der Waals surface area contributed by atoms with E-state index in [-0.39, 0.29) is 64.6 Å². The van der Waals surface area contributed by atoms with Gasteiger partial charge >= 0.3 is 29.6 Å². The molecule has 0 amide bonds. The van der Waals surface area contributed by atoms with Crippen LogP contribution in [0.5, 0.6) is 11.5 Å². The molecule has 6 aromatic rings. The van der Waals surface area contributed by atoms with Crippen molar-refractivity contribution in [2.24, 2.45) is 0 Å². The van der Waals surface area contributed by atoms with Gasteiger partial charge in [0.25, 0.3) is 0 Å². The van der Waals surface area contributed by atoms with E-state index in [0.717, 1.165) is 18.2 Å². The molecule has 4 aromatic carbocycles. The summed E-state index contributed by atoms with van der Waals surface area (Å²) < 4.78 is 118. The summed E-state index contributed by atoms with van der Waals surface area (Å²) in [6.45, 7) is 9.57. The third-order valence-corrected chi connectivity index (χ3v) is 9.40. The average molecular weight is 837 g/mol. The fraction of sp³-hybridized carbons (Fsp3) is 0.267. The highest BCUT2D eigenvalue weighted by molar-refractivity contribution is 5.85.